The van der Waals surface area contributed by atoms with Crippen LogP contribution in [0.15, 0.2) is 0 Å². The van der Waals surface area contributed by atoms with Crippen LogP contribution < -0.4 is 45.5 Å². The molecule has 5 atom stereocenters. The Morgan fingerprint density at radius 3 is 1.27 bits per heavy atom. The van der Waals surface area contributed by atoms with Gasteiger partial charge in [0.05, 0.1) is 6.54 Å². The first-order chi connectivity index (χ1) is 22.0. The summed E-state index contributed by atoms with van der Waals surface area (Å²) in [6.45, 7) is 3.76. The maximum absolute atomic E-state index is 10.3. The van der Waals surface area contributed by atoms with E-state index in [1.54, 1.807) is 25.6 Å². The van der Waals surface area contributed by atoms with Crippen LogP contribution in [0.1, 0.15) is 33.1 Å². The van der Waals surface area contributed by atoms with Crippen molar-refractivity contribution in [3.63, 3.8) is 0 Å². The molecule has 48 heavy (non-hydrogen) atoms. The fourth-order valence-corrected chi connectivity index (χ4v) is 4.42. The number of hydrogen-bond donors (Lipinski definition) is 15. The number of rotatable bonds is 19. The van der Waals surface area contributed by atoms with Crippen molar-refractivity contribution in [3.05, 3.63) is 0 Å². The molecule has 5 unspecified atom stereocenters. The molecule has 24 heteroatoms. The number of hydrogen-bond acceptors (Lipinski definition) is 16. The van der Waals surface area contributed by atoms with Crippen LogP contribution in [-0.2, 0) is 28.8 Å². The van der Waals surface area contributed by atoms with Crippen molar-refractivity contribution in [1.29, 1.82) is 5.41 Å². The first-order valence-corrected chi connectivity index (χ1v) is 17.5. The van der Waals surface area contributed by atoms with Crippen LogP contribution in [0.25, 0.3) is 0 Å². The Morgan fingerprint density at radius 2 is 1.04 bits per heavy atom. The number of carboxylic acids is 6. The van der Waals surface area contributed by atoms with Crippen molar-refractivity contribution in [1.82, 2.24) is 5.32 Å². The van der Waals surface area contributed by atoms with Gasteiger partial charge in [0.25, 0.3) is 0 Å². The minimum Gasteiger partial charge on any atom is -0.480 e. The summed E-state index contributed by atoms with van der Waals surface area (Å²) in [5.41, 5.74) is 35.6. The predicted octanol–water partition coefficient (Wildman–Crippen LogP) is -2.91. The lowest BCUT2D eigenvalue weighted by Gasteiger charge is -2.07. The number of thioether (sulfide) groups is 1. The van der Waals surface area contributed by atoms with Gasteiger partial charge < -0.3 is 76.1 Å². The molecular weight excluding hydrogens is 703 g/mol. The van der Waals surface area contributed by atoms with Gasteiger partial charge in [-0.05, 0) is 37.2 Å². The summed E-state index contributed by atoms with van der Waals surface area (Å²) in [5.74, 6) is -4.77. The number of carbonyl (C=O) groups is 6. The largest absolute Gasteiger partial charge is 0.480 e. The fraction of sp³-hybridized carbons (Fsp3) is 0.708. The molecule has 0 amide bonds. The average Bonchev–Trinajstić information content (AvgIpc) is 2.99. The molecule has 0 aliphatic rings. The summed E-state index contributed by atoms with van der Waals surface area (Å²) < 4.78 is 0. The Morgan fingerprint density at radius 1 is 0.688 bits per heavy atom. The van der Waals surface area contributed by atoms with E-state index in [2.05, 4.69) is 11.1 Å². The second-order valence-electron chi connectivity index (χ2n) is 9.32. The van der Waals surface area contributed by atoms with E-state index in [9.17, 15) is 28.8 Å². The molecule has 0 saturated heterocycles. The molecular formula is C24H53N9O12S3. The maximum atomic E-state index is 10.3. The Bertz CT molecular complexity index is 918. The Balaban J connectivity index is -0.000000166. The molecule has 0 aliphatic carbocycles. The zero-order chi connectivity index (χ0) is 39.0. The van der Waals surface area contributed by atoms with E-state index in [0.29, 0.717) is 25.8 Å². The van der Waals surface area contributed by atoms with Gasteiger partial charge in [0.1, 0.15) is 30.2 Å². The van der Waals surface area contributed by atoms with Crippen molar-refractivity contribution in [2.45, 2.75) is 63.3 Å². The van der Waals surface area contributed by atoms with Gasteiger partial charge in [0.15, 0.2) is 5.96 Å². The highest BCUT2D eigenvalue weighted by Gasteiger charge is 2.15. The van der Waals surface area contributed by atoms with Gasteiger partial charge in [-0.1, -0.05) is 35.4 Å². The second-order valence-corrected chi connectivity index (χ2v) is 12.9. The fourth-order valence-electron chi connectivity index (χ4n) is 1.71. The summed E-state index contributed by atoms with van der Waals surface area (Å²) in [7, 11) is 2.41. The second kappa shape index (κ2) is 35.2. The average molecular weight is 756 g/mol. The molecule has 0 radical (unpaired) electrons. The first-order valence-electron chi connectivity index (χ1n) is 13.6. The van der Waals surface area contributed by atoms with Crippen molar-refractivity contribution >= 4 is 75.1 Å². The molecule has 22 N–H and O–H groups in total. The SMILES string of the molecule is CC(C)C(N)C(=O)O.CSCCC(N)C(=O)O.N=C(N)NCCCC(N)C(=O)O.NC(CSSCC(N)C(=O)O)C(=O)O.NCC(=O)O. The molecule has 0 saturated carbocycles. The summed E-state index contributed by atoms with van der Waals surface area (Å²) in [4.78, 5) is 60.1. The Kier molecular flexibility index (Phi) is 39.9. The van der Waals surface area contributed by atoms with E-state index in [0.717, 1.165) is 5.75 Å². The van der Waals surface area contributed by atoms with Crippen LogP contribution in [0.3, 0.4) is 0 Å². The highest BCUT2D eigenvalue weighted by molar-refractivity contribution is 8.76. The molecule has 0 spiro atoms. The van der Waals surface area contributed by atoms with Gasteiger partial charge in [-0.3, -0.25) is 34.2 Å². The number of guanidine groups is 1. The molecule has 21 nitrogen and oxygen atoms in total. The maximum Gasteiger partial charge on any atom is 0.321 e. The van der Waals surface area contributed by atoms with Crippen LogP contribution in [0.4, 0.5) is 0 Å². The molecule has 284 valence electrons. The zero-order valence-electron chi connectivity index (χ0n) is 27.0. The highest BCUT2D eigenvalue weighted by atomic mass is 33.1. The number of carboxylic acid groups (broad SMARTS) is 6. The Hall–Kier alpha value is -3.10. The van der Waals surface area contributed by atoms with Crippen molar-refractivity contribution in [2.75, 3.05) is 36.6 Å². The van der Waals surface area contributed by atoms with Crippen molar-refractivity contribution < 1.29 is 59.4 Å². The van der Waals surface area contributed by atoms with E-state index in [1.807, 2.05) is 6.26 Å². The summed E-state index contributed by atoms with van der Waals surface area (Å²) in [5, 5.41) is 58.6. The third-order valence-electron chi connectivity index (χ3n) is 4.67. The third kappa shape index (κ3) is 45.0. The van der Waals surface area contributed by atoms with Gasteiger partial charge in [-0.25, -0.2) is 0 Å². The molecule has 0 rings (SSSR count). The number of nitrogens with two attached hydrogens (primary N) is 7. The predicted molar refractivity (Wildman–Crippen MR) is 187 cm³/mol. The smallest absolute Gasteiger partial charge is 0.321 e. The topological polar surface area (TPSA) is 442 Å². The van der Waals surface area contributed by atoms with Crippen molar-refractivity contribution in [2.24, 2.45) is 46.1 Å². The van der Waals surface area contributed by atoms with Gasteiger partial charge in [0, 0.05) is 18.1 Å². The molecule has 0 aromatic carbocycles. The minimum atomic E-state index is -1.07. The van der Waals surface area contributed by atoms with E-state index >= 15 is 0 Å². The van der Waals surface area contributed by atoms with Crippen LogP contribution in [-0.4, -0.2) is 139 Å². The minimum absolute atomic E-state index is 0.0208. The van der Waals surface area contributed by atoms with Gasteiger partial charge in [-0.15, -0.1) is 0 Å². The van der Waals surface area contributed by atoms with Crippen LogP contribution >= 0.6 is 33.3 Å². The molecule has 0 aromatic rings. The number of aliphatic carboxylic acids is 6. The summed E-state index contributed by atoms with van der Waals surface area (Å²) >= 11 is 1.60. The third-order valence-corrected chi connectivity index (χ3v) is 7.78. The monoisotopic (exact) mass is 755 g/mol. The lowest BCUT2D eigenvalue weighted by Crippen LogP contribution is -2.34. The molecule has 0 fully saturated rings. The molecule has 0 bridgehead atoms. The van der Waals surface area contributed by atoms with Crippen LogP contribution in [0, 0.1) is 11.3 Å². The van der Waals surface area contributed by atoms with Gasteiger partial charge >= 0.3 is 35.8 Å². The standard InChI is InChI=1S/C6H14N4O2.C6H12N2O4S2.C5H11NO2S.C5H11NO2.C2H5NO2/c7-4(5(11)12)2-1-3-10-6(8)9;7-3(5(9)10)1-13-14-2-4(8)6(11)12;1-9-3-2-4(6)5(7)8;1-3(2)4(6)5(7)8;3-1-2(4)5/h4H,1-3,7H2,(H,11,12)(H4,8,9,10);3-4H,1-2,7-8H2,(H,9,10)(H,11,12);4H,2-3,6H2,1H3,(H,7,8);3-4H,6H2,1-2H3,(H,7,8);1,3H2,(H,4,5). The summed E-state index contributed by atoms with van der Waals surface area (Å²) in [6, 6.07) is -4.06. The highest BCUT2D eigenvalue weighted by Crippen LogP contribution is 2.22. The molecule has 0 aromatic heterocycles. The van der Waals surface area contributed by atoms with Crippen LogP contribution in [0.5, 0.6) is 0 Å². The van der Waals surface area contributed by atoms with Gasteiger partial charge in [0.2, 0.25) is 0 Å². The summed E-state index contributed by atoms with van der Waals surface area (Å²) in [6.07, 6.45) is 3.45. The Labute approximate surface area is 290 Å². The first kappa shape index (κ1) is 54.4. The van der Waals surface area contributed by atoms with E-state index in [-0.39, 0.29) is 29.9 Å². The quantitative estimate of drug-likeness (QED) is 0.0272. The lowest BCUT2D eigenvalue weighted by molar-refractivity contribution is -0.140. The number of nitrogens with one attached hydrogen (secondary N) is 2. The van der Waals surface area contributed by atoms with Crippen molar-refractivity contribution in [3.8, 4) is 0 Å². The zero-order valence-corrected chi connectivity index (χ0v) is 29.5. The van der Waals surface area contributed by atoms with E-state index in [4.69, 9.17) is 70.5 Å². The van der Waals surface area contributed by atoms with E-state index < -0.39 is 66.0 Å². The van der Waals surface area contributed by atoms with Crippen LogP contribution in [0.2, 0.25) is 0 Å². The normalized spacial score (nSPS) is 12.9. The lowest BCUT2D eigenvalue weighted by atomic mass is 10.1. The van der Waals surface area contributed by atoms with E-state index in [1.165, 1.54) is 21.6 Å². The molecule has 0 heterocycles. The van der Waals surface area contributed by atoms with Gasteiger partial charge in [-0.2, -0.15) is 11.8 Å². The molecule has 0 aliphatic heterocycles.